The van der Waals surface area contributed by atoms with Gasteiger partial charge in [0.05, 0.1) is 5.56 Å². The summed E-state index contributed by atoms with van der Waals surface area (Å²) in [5.74, 6) is -0.764. The third-order valence-electron chi connectivity index (χ3n) is 3.70. The summed E-state index contributed by atoms with van der Waals surface area (Å²) in [6.45, 7) is 5.01. The second-order valence-corrected chi connectivity index (χ2v) is 5.41. The molecule has 1 aromatic carbocycles. The summed E-state index contributed by atoms with van der Waals surface area (Å²) in [5.41, 5.74) is 5.36. The van der Waals surface area contributed by atoms with E-state index >= 15 is 0 Å². The maximum Gasteiger partial charge on any atom is 0.305 e. The van der Waals surface area contributed by atoms with Gasteiger partial charge in [-0.15, -0.1) is 0 Å². The van der Waals surface area contributed by atoms with Crippen LogP contribution < -0.4 is 10.9 Å². The average molecular weight is 330 g/mol. The molecule has 0 atom stereocenters. The number of rotatable bonds is 2. The summed E-state index contributed by atoms with van der Waals surface area (Å²) >= 11 is 0. The monoisotopic (exact) mass is 330 g/mol. The maximum absolute atomic E-state index is 13.7. The summed E-state index contributed by atoms with van der Waals surface area (Å²) in [6, 6.07) is 6.01. The molecule has 0 spiro atoms. The highest BCUT2D eigenvalue weighted by molar-refractivity contribution is 6.01. The first-order valence-electron chi connectivity index (χ1n) is 7.24. The van der Waals surface area contributed by atoms with Gasteiger partial charge in [0.15, 0.2) is 17.2 Å². The van der Waals surface area contributed by atoms with Gasteiger partial charge in [0.2, 0.25) is 0 Å². The van der Waals surface area contributed by atoms with Crippen LogP contribution in [0.3, 0.4) is 0 Å². The van der Waals surface area contributed by atoms with Crippen LogP contribution in [0.4, 0.5) is 4.39 Å². The Morgan fingerprint density at radius 2 is 1.75 bits per heavy atom. The van der Waals surface area contributed by atoms with Crippen LogP contribution in [-0.2, 0) is 0 Å². The summed E-state index contributed by atoms with van der Waals surface area (Å²) in [7, 11) is 0. The Morgan fingerprint density at radius 1 is 1.04 bits per heavy atom. The van der Waals surface area contributed by atoms with E-state index in [4.69, 9.17) is 8.83 Å². The van der Waals surface area contributed by atoms with Gasteiger partial charge in [0.1, 0.15) is 11.5 Å². The van der Waals surface area contributed by atoms with Gasteiger partial charge in [-0.2, -0.15) is 0 Å². The SMILES string of the molecule is Cc1cc(C(=O)NNC(=O)c2oc3c(F)cccc3c2C)c(C)o1. The minimum absolute atomic E-state index is 0.00720. The lowest BCUT2D eigenvalue weighted by Gasteiger charge is -2.05. The van der Waals surface area contributed by atoms with Crippen LogP contribution in [0.2, 0.25) is 0 Å². The fourth-order valence-corrected chi connectivity index (χ4v) is 2.52. The molecule has 0 unspecified atom stereocenters. The first-order chi connectivity index (χ1) is 11.4. The van der Waals surface area contributed by atoms with Crippen molar-refractivity contribution in [3.05, 3.63) is 58.5 Å². The highest BCUT2D eigenvalue weighted by Crippen LogP contribution is 2.27. The third kappa shape index (κ3) is 2.64. The molecule has 0 radical (unpaired) electrons. The number of halogens is 1. The van der Waals surface area contributed by atoms with Crippen LogP contribution in [0.25, 0.3) is 11.0 Å². The Kier molecular flexibility index (Phi) is 3.84. The van der Waals surface area contributed by atoms with Crippen molar-refractivity contribution in [1.29, 1.82) is 0 Å². The highest BCUT2D eigenvalue weighted by atomic mass is 19.1. The Bertz CT molecular complexity index is 955. The fraction of sp³-hybridized carbons (Fsp3) is 0.176. The standard InChI is InChI=1S/C17H15FN2O4/c1-8-7-12(10(3)23-8)16(21)19-20-17(22)14-9(2)11-5-4-6-13(18)15(11)24-14/h4-7H,1-3H3,(H,19,21)(H,20,22). The van der Waals surface area contributed by atoms with E-state index in [2.05, 4.69) is 10.9 Å². The number of hydrazine groups is 1. The topological polar surface area (TPSA) is 84.5 Å². The molecule has 7 heteroatoms. The minimum Gasteiger partial charge on any atom is -0.466 e. The molecule has 3 rings (SSSR count). The number of hydrogen-bond donors (Lipinski definition) is 2. The zero-order valence-corrected chi connectivity index (χ0v) is 13.3. The molecule has 0 aliphatic rings. The zero-order chi connectivity index (χ0) is 17.4. The Labute approximate surface area is 136 Å². The Morgan fingerprint density at radius 3 is 2.38 bits per heavy atom. The molecule has 3 aromatic rings. The minimum atomic E-state index is -0.672. The molecule has 0 fully saturated rings. The second-order valence-electron chi connectivity index (χ2n) is 5.41. The van der Waals surface area contributed by atoms with Crippen molar-refractivity contribution < 1.29 is 22.8 Å². The Hall–Kier alpha value is -3.09. The second kappa shape index (κ2) is 5.84. The number of hydrogen-bond acceptors (Lipinski definition) is 4. The number of nitrogens with one attached hydrogen (secondary N) is 2. The first-order valence-corrected chi connectivity index (χ1v) is 7.24. The van der Waals surface area contributed by atoms with E-state index in [-0.39, 0.29) is 11.3 Å². The molecule has 0 aliphatic heterocycles. The van der Waals surface area contributed by atoms with Gasteiger partial charge >= 0.3 is 5.91 Å². The molecule has 0 saturated heterocycles. The van der Waals surface area contributed by atoms with Crippen molar-refractivity contribution in [2.45, 2.75) is 20.8 Å². The van der Waals surface area contributed by atoms with Crippen LogP contribution in [-0.4, -0.2) is 11.8 Å². The van der Waals surface area contributed by atoms with Crippen molar-refractivity contribution >= 4 is 22.8 Å². The van der Waals surface area contributed by atoms with Crippen LogP contribution >= 0.6 is 0 Å². The van der Waals surface area contributed by atoms with E-state index in [0.717, 1.165) is 0 Å². The van der Waals surface area contributed by atoms with Gasteiger partial charge in [-0.25, -0.2) is 4.39 Å². The molecule has 2 amide bonds. The maximum atomic E-state index is 13.7. The van der Waals surface area contributed by atoms with E-state index in [1.807, 2.05) is 0 Å². The molecule has 124 valence electrons. The van der Waals surface area contributed by atoms with Crippen molar-refractivity contribution in [2.24, 2.45) is 0 Å². The smallest absolute Gasteiger partial charge is 0.305 e. The lowest BCUT2D eigenvalue weighted by atomic mass is 10.1. The summed E-state index contributed by atoms with van der Waals surface area (Å²) in [6.07, 6.45) is 0. The van der Waals surface area contributed by atoms with Gasteiger partial charge in [0.25, 0.3) is 5.91 Å². The third-order valence-corrected chi connectivity index (χ3v) is 3.70. The van der Waals surface area contributed by atoms with Gasteiger partial charge in [-0.3, -0.25) is 20.4 Å². The lowest BCUT2D eigenvalue weighted by molar-refractivity contribution is 0.0830. The molecule has 0 bridgehead atoms. The molecule has 6 nitrogen and oxygen atoms in total. The summed E-state index contributed by atoms with van der Waals surface area (Å²) in [5, 5.41) is 0.507. The van der Waals surface area contributed by atoms with Crippen molar-refractivity contribution in [1.82, 2.24) is 10.9 Å². The van der Waals surface area contributed by atoms with Crippen LogP contribution in [0.1, 0.15) is 38.0 Å². The highest BCUT2D eigenvalue weighted by Gasteiger charge is 2.21. The molecule has 0 aliphatic carbocycles. The van der Waals surface area contributed by atoms with Gasteiger partial charge in [-0.1, -0.05) is 12.1 Å². The quantitative estimate of drug-likeness (QED) is 0.707. The van der Waals surface area contributed by atoms with E-state index in [9.17, 15) is 14.0 Å². The largest absolute Gasteiger partial charge is 0.466 e. The van der Waals surface area contributed by atoms with Crippen LogP contribution in [0, 0.1) is 26.6 Å². The number of para-hydroxylation sites is 1. The van der Waals surface area contributed by atoms with Crippen LogP contribution in [0.5, 0.6) is 0 Å². The molecule has 24 heavy (non-hydrogen) atoms. The number of amides is 2. The number of fused-ring (bicyclic) bond motifs is 1. The van der Waals surface area contributed by atoms with Crippen molar-refractivity contribution in [3.63, 3.8) is 0 Å². The number of aryl methyl sites for hydroxylation is 3. The van der Waals surface area contributed by atoms with Gasteiger partial charge in [-0.05, 0) is 32.9 Å². The molecular formula is C17H15FN2O4. The van der Waals surface area contributed by atoms with Crippen molar-refractivity contribution in [3.8, 4) is 0 Å². The number of benzene rings is 1. The van der Waals surface area contributed by atoms with Gasteiger partial charge < -0.3 is 8.83 Å². The van der Waals surface area contributed by atoms with E-state index in [1.165, 1.54) is 12.1 Å². The van der Waals surface area contributed by atoms with E-state index in [0.29, 0.717) is 28.0 Å². The molecule has 2 heterocycles. The molecule has 2 N–H and O–H groups in total. The molecule has 2 aromatic heterocycles. The van der Waals surface area contributed by atoms with Crippen LogP contribution in [0.15, 0.2) is 33.1 Å². The first kappa shape index (κ1) is 15.8. The zero-order valence-electron chi connectivity index (χ0n) is 13.3. The molecule has 0 saturated carbocycles. The Balaban J connectivity index is 1.78. The fourth-order valence-electron chi connectivity index (χ4n) is 2.52. The van der Waals surface area contributed by atoms with Crippen molar-refractivity contribution in [2.75, 3.05) is 0 Å². The number of carbonyl (C=O) groups is 2. The summed E-state index contributed by atoms with van der Waals surface area (Å²) < 4.78 is 24.3. The predicted octanol–water partition coefficient (Wildman–Crippen LogP) is 3.16. The normalized spacial score (nSPS) is 10.8. The average Bonchev–Trinajstić information content (AvgIpc) is 3.06. The lowest BCUT2D eigenvalue weighted by Crippen LogP contribution is -2.41. The van der Waals surface area contributed by atoms with Gasteiger partial charge in [0, 0.05) is 10.9 Å². The number of carbonyl (C=O) groups excluding carboxylic acids is 2. The number of furan rings is 2. The molecular weight excluding hydrogens is 315 g/mol. The predicted molar refractivity (Wildman–Crippen MR) is 84.0 cm³/mol. The summed E-state index contributed by atoms with van der Waals surface area (Å²) in [4.78, 5) is 24.3. The van der Waals surface area contributed by atoms with E-state index in [1.54, 1.807) is 32.9 Å². The van der Waals surface area contributed by atoms with E-state index < -0.39 is 17.6 Å².